The Kier molecular flexibility index (Phi) is 2.84. The number of phenols is 1. The van der Waals surface area contributed by atoms with Crippen molar-refractivity contribution in [2.45, 2.75) is 6.92 Å². The van der Waals surface area contributed by atoms with E-state index in [0.29, 0.717) is 10.6 Å². The molecular formula is C13H10ClFO. The van der Waals surface area contributed by atoms with E-state index in [9.17, 15) is 9.50 Å². The average molecular weight is 237 g/mol. The predicted molar refractivity (Wildman–Crippen MR) is 63.2 cm³/mol. The summed E-state index contributed by atoms with van der Waals surface area (Å²) in [5.74, 6) is -0.205. The van der Waals surface area contributed by atoms with Crippen LogP contribution in [-0.2, 0) is 0 Å². The van der Waals surface area contributed by atoms with Crippen molar-refractivity contribution in [3.8, 4) is 16.9 Å². The fourth-order valence-corrected chi connectivity index (χ4v) is 1.63. The van der Waals surface area contributed by atoms with E-state index in [0.717, 1.165) is 11.1 Å². The van der Waals surface area contributed by atoms with Gasteiger partial charge in [-0.3, -0.25) is 0 Å². The van der Waals surface area contributed by atoms with Crippen LogP contribution in [0.5, 0.6) is 5.75 Å². The van der Waals surface area contributed by atoms with Gasteiger partial charge in [0.1, 0.15) is 11.6 Å². The number of halogens is 2. The van der Waals surface area contributed by atoms with Crippen molar-refractivity contribution in [1.82, 2.24) is 0 Å². The number of aromatic hydroxyl groups is 1. The molecule has 82 valence electrons. The third-order valence-electron chi connectivity index (χ3n) is 2.44. The quantitative estimate of drug-likeness (QED) is 0.788. The van der Waals surface area contributed by atoms with Crippen LogP contribution in [0.25, 0.3) is 11.1 Å². The van der Waals surface area contributed by atoms with E-state index >= 15 is 0 Å². The minimum atomic E-state index is -0.234. The molecule has 0 bridgehead atoms. The van der Waals surface area contributed by atoms with Crippen LogP contribution < -0.4 is 0 Å². The molecular weight excluding hydrogens is 227 g/mol. The Morgan fingerprint density at radius 2 is 1.69 bits per heavy atom. The lowest BCUT2D eigenvalue weighted by molar-refractivity contribution is 0.476. The highest BCUT2D eigenvalue weighted by molar-refractivity contribution is 6.32. The molecule has 2 aromatic rings. The molecule has 0 radical (unpaired) electrons. The molecule has 2 rings (SSSR count). The smallest absolute Gasteiger partial charge is 0.134 e. The van der Waals surface area contributed by atoms with Crippen LogP contribution in [0.4, 0.5) is 4.39 Å². The van der Waals surface area contributed by atoms with Gasteiger partial charge in [0.2, 0.25) is 0 Å². The molecule has 0 aliphatic rings. The summed E-state index contributed by atoms with van der Waals surface area (Å²) in [7, 11) is 0. The maximum absolute atomic E-state index is 13.1. The highest BCUT2D eigenvalue weighted by Gasteiger charge is 2.04. The normalized spacial score (nSPS) is 10.4. The van der Waals surface area contributed by atoms with Crippen molar-refractivity contribution in [3.05, 3.63) is 52.8 Å². The van der Waals surface area contributed by atoms with Gasteiger partial charge in [0.25, 0.3) is 0 Å². The molecule has 0 spiro atoms. The van der Waals surface area contributed by atoms with Gasteiger partial charge < -0.3 is 5.11 Å². The number of phenolic OH excluding ortho intramolecular Hbond substituents is 1. The molecule has 0 unspecified atom stereocenters. The molecule has 16 heavy (non-hydrogen) atoms. The summed E-state index contributed by atoms with van der Waals surface area (Å²) in [6.07, 6.45) is 0. The predicted octanol–water partition coefficient (Wildman–Crippen LogP) is 4.16. The molecule has 0 aliphatic carbocycles. The highest BCUT2D eigenvalue weighted by Crippen LogP contribution is 2.30. The lowest BCUT2D eigenvalue weighted by atomic mass is 10.0. The zero-order chi connectivity index (χ0) is 11.7. The fraction of sp³-hybridized carbons (Fsp3) is 0.0769. The summed E-state index contributed by atoms with van der Waals surface area (Å²) < 4.78 is 13.1. The van der Waals surface area contributed by atoms with E-state index in [2.05, 4.69) is 0 Å². The molecule has 0 heterocycles. The van der Waals surface area contributed by atoms with Crippen LogP contribution in [0.2, 0.25) is 5.02 Å². The molecule has 1 nitrogen and oxygen atoms in total. The molecule has 0 saturated carbocycles. The molecule has 0 amide bonds. The van der Waals surface area contributed by atoms with E-state index in [1.807, 2.05) is 0 Å². The SMILES string of the molecule is Cc1cc(-c2ccc(Cl)c(O)c2)ccc1F. The summed E-state index contributed by atoms with van der Waals surface area (Å²) in [6, 6.07) is 9.79. The summed E-state index contributed by atoms with van der Waals surface area (Å²) >= 11 is 5.71. The van der Waals surface area contributed by atoms with Gasteiger partial charge in [-0.2, -0.15) is 0 Å². The molecule has 2 aromatic carbocycles. The number of rotatable bonds is 1. The summed E-state index contributed by atoms with van der Waals surface area (Å²) in [5.41, 5.74) is 2.24. The third kappa shape index (κ3) is 2.02. The van der Waals surface area contributed by atoms with Gasteiger partial charge >= 0.3 is 0 Å². The van der Waals surface area contributed by atoms with Gasteiger partial charge in [0.05, 0.1) is 5.02 Å². The van der Waals surface area contributed by atoms with Crippen molar-refractivity contribution in [2.24, 2.45) is 0 Å². The van der Waals surface area contributed by atoms with Crippen molar-refractivity contribution in [3.63, 3.8) is 0 Å². The van der Waals surface area contributed by atoms with E-state index in [-0.39, 0.29) is 11.6 Å². The Balaban J connectivity index is 2.50. The first-order chi connectivity index (χ1) is 7.58. The van der Waals surface area contributed by atoms with Gasteiger partial charge in [-0.05, 0) is 47.9 Å². The second kappa shape index (κ2) is 4.14. The second-order valence-corrected chi connectivity index (χ2v) is 4.04. The number of benzene rings is 2. The van der Waals surface area contributed by atoms with Gasteiger partial charge in [-0.1, -0.05) is 23.7 Å². The molecule has 3 heteroatoms. The topological polar surface area (TPSA) is 20.2 Å². The van der Waals surface area contributed by atoms with E-state index < -0.39 is 0 Å². The van der Waals surface area contributed by atoms with Gasteiger partial charge in [-0.25, -0.2) is 4.39 Å². The monoisotopic (exact) mass is 236 g/mol. The summed E-state index contributed by atoms with van der Waals surface area (Å²) in [5, 5.41) is 9.79. The Labute approximate surface area is 98.1 Å². The molecule has 0 fully saturated rings. The standard InChI is InChI=1S/C13H10ClFO/c1-8-6-9(3-5-12(8)15)10-2-4-11(14)13(16)7-10/h2-7,16H,1H3. The summed E-state index contributed by atoms with van der Waals surface area (Å²) in [4.78, 5) is 0. The van der Waals surface area contributed by atoms with Crippen LogP contribution in [0, 0.1) is 12.7 Å². The summed E-state index contributed by atoms with van der Waals surface area (Å²) in [6.45, 7) is 1.70. The number of hydrogen-bond acceptors (Lipinski definition) is 1. The molecule has 0 saturated heterocycles. The zero-order valence-corrected chi connectivity index (χ0v) is 9.42. The van der Waals surface area contributed by atoms with Gasteiger partial charge in [-0.15, -0.1) is 0 Å². The Morgan fingerprint density at radius 3 is 2.31 bits per heavy atom. The highest BCUT2D eigenvalue weighted by atomic mass is 35.5. The van der Waals surface area contributed by atoms with Crippen molar-refractivity contribution < 1.29 is 9.50 Å². The van der Waals surface area contributed by atoms with E-state index in [1.54, 1.807) is 37.3 Å². The van der Waals surface area contributed by atoms with Crippen molar-refractivity contribution >= 4 is 11.6 Å². The lowest BCUT2D eigenvalue weighted by Gasteiger charge is -2.05. The maximum atomic E-state index is 13.1. The first kappa shape index (κ1) is 11.0. The molecule has 0 atom stereocenters. The van der Waals surface area contributed by atoms with Gasteiger partial charge in [0.15, 0.2) is 0 Å². The third-order valence-corrected chi connectivity index (χ3v) is 2.76. The van der Waals surface area contributed by atoms with Gasteiger partial charge in [0, 0.05) is 0 Å². The van der Waals surface area contributed by atoms with Crippen LogP contribution in [0.3, 0.4) is 0 Å². The minimum absolute atomic E-state index is 0.0288. The first-order valence-corrected chi connectivity index (χ1v) is 5.21. The Bertz CT molecular complexity index is 488. The molecule has 1 N–H and O–H groups in total. The lowest BCUT2D eigenvalue weighted by Crippen LogP contribution is -1.84. The largest absolute Gasteiger partial charge is 0.506 e. The van der Waals surface area contributed by atoms with Crippen LogP contribution in [0.1, 0.15) is 5.56 Å². The van der Waals surface area contributed by atoms with Crippen LogP contribution in [-0.4, -0.2) is 5.11 Å². The van der Waals surface area contributed by atoms with Crippen LogP contribution in [0.15, 0.2) is 36.4 Å². The van der Waals surface area contributed by atoms with E-state index in [1.165, 1.54) is 6.07 Å². The van der Waals surface area contributed by atoms with Crippen molar-refractivity contribution in [1.29, 1.82) is 0 Å². The number of aryl methyl sites for hydroxylation is 1. The Hall–Kier alpha value is -1.54. The number of hydrogen-bond donors (Lipinski definition) is 1. The maximum Gasteiger partial charge on any atom is 0.134 e. The average Bonchev–Trinajstić information content (AvgIpc) is 2.26. The van der Waals surface area contributed by atoms with Crippen LogP contribution >= 0.6 is 11.6 Å². The minimum Gasteiger partial charge on any atom is -0.506 e. The molecule has 0 aromatic heterocycles. The Morgan fingerprint density at radius 1 is 1.06 bits per heavy atom. The first-order valence-electron chi connectivity index (χ1n) is 4.83. The van der Waals surface area contributed by atoms with Crippen molar-refractivity contribution in [2.75, 3.05) is 0 Å². The second-order valence-electron chi connectivity index (χ2n) is 3.63. The fourth-order valence-electron chi connectivity index (χ4n) is 1.52. The van der Waals surface area contributed by atoms with E-state index in [4.69, 9.17) is 11.6 Å². The molecule has 0 aliphatic heterocycles. The zero-order valence-electron chi connectivity index (χ0n) is 8.67.